The van der Waals surface area contributed by atoms with E-state index in [-0.39, 0.29) is 51.2 Å². The van der Waals surface area contributed by atoms with Gasteiger partial charge < -0.3 is 28.4 Å². The van der Waals surface area contributed by atoms with Crippen molar-refractivity contribution in [3.63, 3.8) is 0 Å². The molecule has 24 heteroatoms. The van der Waals surface area contributed by atoms with Crippen molar-refractivity contribution in [2.24, 2.45) is 0 Å². The number of ether oxygens (including phenoxy) is 6. The fourth-order valence-corrected chi connectivity index (χ4v) is 9.96. The molecule has 0 aliphatic carbocycles. The van der Waals surface area contributed by atoms with E-state index < -0.39 is 24.5 Å². The molecule has 12 nitrogen and oxygen atoms in total. The Bertz CT molecular complexity index is 2670. The molecular formula is C45H21Br2Cl8I2N3O9. The molecule has 354 valence electrons. The maximum Gasteiger partial charge on any atom is 0.349 e. The third kappa shape index (κ3) is 18.5. The number of halogens is 12. The minimum absolute atomic E-state index is 0.0310. The van der Waals surface area contributed by atoms with Gasteiger partial charge in [-0.1, -0.05) is 92.8 Å². The summed E-state index contributed by atoms with van der Waals surface area (Å²) in [4.78, 5) is 45.5. The Labute approximate surface area is 478 Å². The van der Waals surface area contributed by atoms with E-state index in [1.807, 2.05) is 45.2 Å². The summed E-state index contributed by atoms with van der Waals surface area (Å²) < 4.78 is 33.8. The van der Waals surface area contributed by atoms with Gasteiger partial charge in [0.2, 0.25) is 0 Å². The Kier molecular flexibility index (Phi) is 23.8. The van der Waals surface area contributed by atoms with Crippen LogP contribution < -0.4 is 28.4 Å². The van der Waals surface area contributed by atoms with Gasteiger partial charge in [0, 0.05) is 22.2 Å². The van der Waals surface area contributed by atoms with Crippen molar-refractivity contribution in [2.75, 3.05) is 19.8 Å². The Balaban J connectivity index is 0.000000225. The summed E-state index contributed by atoms with van der Waals surface area (Å²) in [6.07, 6.45) is 0. The average Bonchev–Trinajstić information content (AvgIpc) is 3.29. The topological polar surface area (TPSA) is 120 Å². The average molecular weight is 1440 g/mol. The van der Waals surface area contributed by atoms with Crippen LogP contribution in [0.15, 0.2) is 99.9 Å². The zero-order chi connectivity index (χ0) is 50.9. The molecule has 0 aromatic heterocycles. The summed E-state index contributed by atoms with van der Waals surface area (Å²) in [7, 11) is 0. The number of nitrogens with zero attached hydrogens (tertiary/aromatic N) is 3. The van der Waals surface area contributed by atoms with E-state index >= 15 is 0 Å². The van der Waals surface area contributed by atoms with E-state index in [0.29, 0.717) is 69.8 Å². The van der Waals surface area contributed by atoms with Crippen LogP contribution in [0.25, 0.3) is 14.5 Å². The fraction of sp³-hybridized carbons (Fsp3) is 0.0667. The molecule has 0 heterocycles. The van der Waals surface area contributed by atoms with Gasteiger partial charge in [-0.25, -0.2) is 28.9 Å². The number of benzene rings is 6. The van der Waals surface area contributed by atoms with Crippen LogP contribution in [-0.2, 0) is 14.4 Å². The molecule has 0 aliphatic heterocycles. The molecule has 0 saturated heterocycles. The molecule has 0 N–H and O–H groups in total. The summed E-state index contributed by atoms with van der Waals surface area (Å²) in [5, 5.41) is 2.39. The standard InChI is InChI=1S/C15H7Br2Cl2NO3.C15H7Cl4NO3.C15H7Cl2I2NO3/c1-20-9-5-10(16)15(11(17)6-9)23-14(21)7-22-13-3-2-8(18)4-12(13)19;2*1-20-9-5-11(18)15(12(19)6-9)23-14(21)7-22-13-3-2-8(16)4-10(13)17/h3*2-6H,7H2. The molecular weight excluding hydrogens is 1420 g/mol. The highest BCUT2D eigenvalue weighted by Crippen LogP contribution is 2.39. The van der Waals surface area contributed by atoms with Gasteiger partial charge >= 0.3 is 17.9 Å². The molecule has 0 amide bonds. The minimum Gasteiger partial charge on any atom is -0.480 e. The van der Waals surface area contributed by atoms with Crippen LogP contribution in [0.3, 0.4) is 0 Å². The van der Waals surface area contributed by atoms with E-state index in [1.165, 1.54) is 36.4 Å². The Morgan fingerprint density at radius 3 is 1.07 bits per heavy atom. The van der Waals surface area contributed by atoms with Gasteiger partial charge in [-0.3, -0.25) is 0 Å². The molecule has 0 aliphatic rings. The number of hydrogen-bond donors (Lipinski definition) is 0. The van der Waals surface area contributed by atoms with Crippen LogP contribution in [0.5, 0.6) is 34.5 Å². The molecule has 0 saturated carbocycles. The minimum atomic E-state index is -0.727. The zero-order valence-corrected chi connectivity index (χ0v) is 47.4. The molecule has 0 radical (unpaired) electrons. The molecule has 6 rings (SSSR count). The number of hydrogen-bond acceptors (Lipinski definition) is 9. The van der Waals surface area contributed by atoms with Crippen molar-refractivity contribution in [1.29, 1.82) is 0 Å². The van der Waals surface area contributed by atoms with Crippen molar-refractivity contribution in [3.8, 4) is 34.5 Å². The monoisotopic (exact) mass is 1440 g/mol. The summed E-state index contributed by atoms with van der Waals surface area (Å²) in [5.41, 5.74) is 1.14. The normalized spacial score (nSPS) is 10.0. The third-order valence-electron chi connectivity index (χ3n) is 7.70. The maximum atomic E-state index is 11.9. The van der Waals surface area contributed by atoms with Gasteiger partial charge in [-0.2, -0.15) is 0 Å². The molecule has 6 aromatic carbocycles. The smallest absolute Gasteiger partial charge is 0.349 e. The summed E-state index contributed by atoms with van der Waals surface area (Å²) >= 11 is 57.6. The SMILES string of the molecule is [C-]#[N+]c1cc(Br)c(OC(=O)COc2ccc(Cl)cc2Cl)c(Br)c1.[C-]#[N+]c1cc(Cl)c(OC(=O)COc2ccc(Cl)cc2Cl)c(Cl)c1.[C-]#[N+]c1cc(I)c(OC(=O)COc2ccc(Cl)cc2Cl)c(I)c1. The Morgan fingerprint density at radius 2 is 0.739 bits per heavy atom. The Hall–Kier alpha value is -3.66. The number of carbonyl (C=O) groups is 3. The summed E-state index contributed by atoms with van der Waals surface area (Å²) in [5.74, 6) is -0.297. The number of carbonyl (C=O) groups excluding carboxylic acids is 3. The number of esters is 3. The first-order valence-electron chi connectivity index (χ1n) is 18.2. The quantitative estimate of drug-likeness (QED) is 0.0510. The molecule has 69 heavy (non-hydrogen) atoms. The van der Waals surface area contributed by atoms with Gasteiger partial charge in [0.15, 0.2) is 54.1 Å². The second-order valence-corrected chi connectivity index (χ2v) is 19.9. The van der Waals surface area contributed by atoms with Crippen LogP contribution in [0.1, 0.15) is 0 Å². The van der Waals surface area contributed by atoms with E-state index in [1.54, 1.807) is 54.6 Å². The molecule has 6 aromatic rings. The highest BCUT2D eigenvalue weighted by Gasteiger charge is 2.18. The predicted molar refractivity (Wildman–Crippen MR) is 292 cm³/mol. The van der Waals surface area contributed by atoms with Crippen molar-refractivity contribution in [2.45, 2.75) is 0 Å². The second kappa shape index (κ2) is 28.4. The first-order valence-corrected chi connectivity index (χ1v) is 24.9. The van der Waals surface area contributed by atoms with Crippen LogP contribution in [0.4, 0.5) is 17.1 Å². The van der Waals surface area contributed by atoms with Crippen molar-refractivity contribution in [3.05, 3.63) is 182 Å². The summed E-state index contributed by atoms with van der Waals surface area (Å²) in [6, 6.07) is 23.1. The number of rotatable bonds is 12. The van der Waals surface area contributed by atoms with E-state index in [2.05, 4.69) is 46.4 Å². The first-order chi connectivity index (χ1) is 32.7. The van der Waals surface area contributed by atoms with E-state index in [4.69, 9.17) is 141 Å². The summed E-state index contributed by atoms with van der Waals surface area (Å²) in [6.45, 7) is 19.9. The molecule has 0 fully saturated rings. The lowest BCUT2D eigenvalue weighted by atomic mass is 10.3. The Morgan fingerprint density at radius 1 is 0.435 bits per heavy atom. The molecule has 0 atom stereocenters. The molecule has 0 spiro atoms. The van der Waals surface area contributed by atoms with Gasteiger partial charge in [0.25, 0.3) is 0 Å². The van der Waals surface area contributed by atoms with Crippen molar-refractivity contribution in [1.82, 2.24) is 0 Å². The van der Waals surface area contributed by atoms with Crippen LogP contribution in [0, 0.1) is 26.9 Å². The largest absolute Gasteiger partial charge is 0.480 e. The van der Waals surface area contributed by atoms with Gasteiger partial charge in [-0.15, -0.1) is 0 Å². The lowest BCUT2D eigenvalue weighted by molar-refractivity contribution is -0.137. The highest BCUT2D eigenvalue weighted by atomic mass is 127. The first kappa shape index (κ1) is 57.9. The van der Waals surface area contributed by atoms with E-state index in [9.17, 15) is 14.4 Å². The van der Waals surface area contributed by atoms with Gasteiger partial charge in [-0.05, 0) is 168 Å². The fourth-order valence-electron chi connectivity index (χ4n) is 4.74. The van der Waals surface area contributed by atoms with Crippen LogP contribution in [-0.4, -0.2) is 37.7 Å². The maximum absolute atomic E-state index is 11.9. The lowest BCUT2D eigenvalue weighted by Crippen LogP contribution is -2.18. The van der Waals surface area contributed by atoms with Crippen molar-refractivity contribution >= 4 is 205 Å². The van der Waals surface area contributed by atoms with Gasteiger partial charge in [0.1, 0.15) is 17.2 Å². The second-order valence-electron chi connectivity index (χ2n) is 12.6. The third-order valence-corrected chi connectivity index (χ3v) is 12.6. The lowest BCUT2D eigenvalue weighted by Gasteiger charge is -2.11. The van der Waals surface area contributed by atoms with E-state index in [0.717, 1.165) is 0 Å². The van der Waals surface area contributed by atoms with Gasteiger partial charge in [0.05, 0.1) is 53.8 Å². The molecule has 0 unspecified atom stereocenters. The zero-order valence-electron chi connectivity index (χ0n) is 33.8. The van der Waals surface area contributed by atoms with Crippen molar-refractivity contribution < 1.29 is 42.8 Å². The predicted octanol–water partition coefficient (Wildman–Crippen LogP) is 17.6. The molecule has 0 bridgehead atoms. The van der Waals surface area contributed by atoms with Crippen LogP contribution in [0.2, 0.25) is 40.2 Å². The highest BCUT2D eigenvalue weighted by molar-refractivity contribution is 14.1. The van der Waals surface area contributed by atoms with Crippen LogP contribution >= 0.6 is 170 Å².